The predicted molar refractivity (Wildman–Crippen MR) is 67.4 cm³/mol. The lowest BCUT2D eigenvalue weighted by molar-refractivity contribution is 0.651. The number of hydrogen-bond acceptors (Lipinski definition) is 2. The van der Waals surface area contributed by atoms with Crippen LogP contribution in [0.1, 0.15) is 26.3 Å². The Morgan fingerprint density at radius 1 is 1.53 bits per heavy atom. The van der Waals surface area contributed by atoms with E-state index in [0.29, 0.717) is 0 Å². The molecule has 0 saturated carbocycles. The highest BCUT2D eigenvalue weighted by Crippen LogP contribution is 2.15. The lowest BCUT2D eigenvalue weighted by atomic mass is 10.3. The molecule has 1 atom stereocenters. The summed E-state index contributed by atoms with van der Waals surface area (Å²) in [6, 6.07) is 1.81. The van der Waals surface area contributed by atoms with Crippen LogP contribution in [0.15, 0.2) is 27.3 Å². The van der Waals surface area contributed by atoms with Crippen molar-refractivity contribution < 1.29 is 4.21 Å². The summed E-state index contributed by atoms with van der Waals surface area (Å²) in [6.45, 7) is 5.67. The molecule has 1 heterocycles. The number of hydrogen-bond donors (Lipinski definition) is 0. The fourth-order valence-corrected chi connectivity index (χ4v) is 1.63. The van der Waals surface area contributed by atoms with E-state index in [4.69, 9.17) is 0 Å². The van der Waals surface area contributed by atoms with Gasteiger partial charge >= 0.3 is 0 Å². The highest BCUT2D eigenvalue weighted by Gasteiger charge is 2.18. The van der Waals surface area contributed by atoms with Gasteiger partial charge in [-0.1, -0.05) is 0 Å². The van der Waals surface area contributed by atoms with Crippen LogP contribution in [0.25, 0.3) is 0 Å². The number of rotatable bonds is 2. The molecule has 0 saturated heterocycles. The molecule has 0 unspecified atom stereocenters. The van der Waals surface area contributed by atoms with E-state index in [1.165, 1.54) is 0 Å². The van der Waals surface area contributed by atoms with E-state index in [-0.39, 0.29) is 4.75 Å². The molecule has 0 aliphatic rings. The smallest absolute Gasteiger partial charge is 0.144 e. The van der Waals surface area contributed by atoms with Gasteiger partial charge in [-0.3, -0.25) is 4.98 Å². The molecular weight excluding hydrogens is 276 g/mol. The maximum atomic E-state index is 11.6. The van der Waals surface area contributed by atoms with Gasteiger partial charge in [-0.2, -0.15) is 4.40 Å². The molecule has 0 N–H and O–H groups in total. The first-order chi connectivity index (χ1) is 6.91. The molecule has 5 heteroatoms. The Balaban J connectivity index is 2.84. The van der Waals surface area contributed by atoms with E-state index < -0.39 is 11.0 Å². The van der Waals surface area contributed by atoms with Gasteiger partial charge in [0, 0.05) is 28.6 Å². The minimum absolute atomic E-state index is 0.323. The van der Waals surface area contributed by atoms with E-state index in [1.54, 1.807) is 18.6 Å². The second kappa shape index (κ2) is 4.99. The van der Waals surface area contributed by atoms with Gasteiger partial charge in [0.2, 0.25) is 0 Å². The van der Waals surface area contributed by atoms with Crippen molar-refractivity contribution in [3.8, 4) is 0 Å². The lowest BCUT2D eigenvalue weighted by Crippen LogP contribution is -2.19. The summed E-state index contributed by atoms with van der Waals surface area (Å²) in [4.78, 5) is 3.94. The van der Waals surface area contributed by atoms with Gasteiger partial charge in [-0.25, -0.2) is 4.21 Å². The molecule has 82 valence electrons. The minimum atomic E-state index is -1.22. The van der Waals surface area contributed by atoms with Crippen LogP contribution in [0, 0.1) is 0 Å². The van der Waals surface area contributed by atoms with Gasteiger partial charge in [0.25, 0.3) is 0 Å². The molecule has 0 aliphatic carbocycles. The zero-order chi connectivity index (χ0) is 11.5. The summed E-state index contributed by atoms with van der Waals surface area (Å²) in [5, 5.41) is 0. The molecule has 0 spiro atoms. The Morgan fingerprint density at radius 2 is 2.20 bits per heavy atom. The third-order valence-electron chi connectivity index (χ3n) is 1.62. The van der Waals surface area contributed by atoms with Crippen molar-refractivity contribution in [2.24, 2.45) is 4.40 Å². The maximum absolute atomic E-state index is 11.6. The summed E-state index contributed by atoms with van der Waals surface area (Å²) in [6.07, 6.45) is 4.96. The summed E-state index contributed by atoms with van der Waals surface area (Å²) < 4.78 is 16.2. The second-order valence-corrected chi connectivity index (χ2v) is 6.78. The molecule has 1 rings (SSSR count). The Bertz CT molecular complexity index is 399. The van der Waals surface area contributed by atoms with Crippen molar-refractivity contribution in [2.45, 2.75) is 25.5 Å². The first-order valence-electron chi connectivity index (χ1n) is 4.47. The summed E-state index contributed by atoms with van der Waals surface area (Å²) in [5.74, 6) is 0. The zero-order valence-electron chi connectivity index (χ0n) is 8.90. The summed E-state index contributed by atoms with van der Waals surface area (Å²) in [5.41, 5.74) is 0.877. The number of pyridine rings is 1. The van der Waals surface area contributed by atoms with Crippen LogP contribution in [0.4, 0.5) is 0 Å². The molecular formula is C10H13BrN2OS. The molecule has 0 bridgehead atoms. The minimum Gasteiger partial charge on any atom is -0.264 e. The van der Waals surface area contributed by atoms with Crippen LogP contribution in [0.5, 0.6) is 0 Å². The fraction of sp³-hybridized carbons (Fsp3) is 0.400. The average Bonchev–Trinajstić information content (AvgIpc) is 2.14. The highest BCUT2D eigenvalue weighted by molar-refractivity contribution is 9.10. The van der Waals surface area contributed by atoms with E-state index in [9.17, 15) is 4.21 Å². The molecule has 0 aromatic carbocycles. The SMILES string of the molecule is CC(C)(C)[S@@](=O)N=Cc1ccncc1Br. The Labute approximate surface area is 101 Å². The largest absolute Gasteiger partial charge is 0.264 e. The second-order valence-electron chi connectivity index (χ2n) is 3.99. The fourth-order valence-electron chi connectivity index (χ4n) is 0.753. The average molecular weight is 289 g/mol. The van der Waals surface area contributed by atoms with Crippen molar-refractivity contribution in [1.82, 2.24) is 4.98 Å². The van der Waals surface area contributed by atoms with Crippen LogP contribution < -0.4 is 0 Å². The normalized spacial score (nSPS) is 14.4. The van der Waals surface area contributed by atoms with E-state index in [1.807, 2.05) is 26.8 Å². The summed E-state index contributed by atoms with van der Waals surface area (Å²) >= 11 is 3.34. The van der Waals surface area contributed by atoms with Gasteiger partial charge < -0.3 is 0 Å². The highest BCUT2D eigenvalue weighted by atomic mass is 79.9. The van der Waals surface area contributed by atoms with E-state index in [2.05, 4.69) is 25.3 Å². The van der Waals surface area contributed by atoms with E-state index in [0.717, 1.165) is 10.0 Å². The Morgan fingerprint density at radius 3 is 2.73 bits per heavy atom. The molecule has 0 aliphatic heterocycles. The van der Waals surface area contributed by atoms with Crippen molar-refractivity contribution >= 4 is 33.1 Å². The van der Waals surface area contributed by atoms with Crippen LogP contribution in [-0.2, 0) is 11.0 Å². The number of halogens is 1. The molecule has 0 radical (unpaired) electrons. The van der Waals surface area contributed by atoms with Crippen LogP contribution in [0.3, 0.4) is 0 Å². The molecule has 1 aromatic heterocycles. The third-order valence-corrected chi connectivity index (χ3v) is 3.62. The first kappa shape index (κ1) is 12.5. The van der Waals surface area contributed by atoms with Gasteiger partial charge in [0.15, 0.2) is 0 Å². The summed E-state index contributed by atoms with van der Waals surface area (Å²) in [7, 11) is -1.22. The molecule has 15 heavy (non-hydrogen) atoms. The Hall–Kier alpha value is -0.550. The monoisotopic (exact) mass is 288 g/mol. The molecule has 3 nitrogen and oxygen atoms in total. The topological polar surface area (TPSA) is 42.3 Å². The molecule has 0 amide bonds. The number of nitrogens with zero attached hydrogens (tertiary/aromatic N) is 2. The van der Waals surface area contributed by atoms with Crippen LogP contribution in [-0.4, -0.2) is 20.2 Å². The molecule has 1 aromatic rings. The Kier molecular flexibility index (Phi) is 4.16. The van der Waals surface area contributed by atoms with Crippen LogP contribution >= 0.6 is 15.9 Å². The lowest BCUT2D eigenvalue weighted by Gasteiger charge is -2.12. The predicted octanol–water partition coefficient (Wildman–Crippen LogP) is 2.73. The first-order valence-corrected chi connectivity index (χ1v) is 6.37. The maximum Gasteiger partial charge on any atom is 0.144 e. The quantitative estimate of drug-likeness (QED) is 0.786. The van der Waals surface area contributed by atoms with Gasteiger partial charge in [-0.05, 0) is 42.8 Å². The van der Waals surface area contributed by atoms with Gasteiger partial charge in [0.1, 0.15) is 11.0 Å². The van der Waals surface area contributed by atoms with E-state index >= 15 is 0 Å². The van der Waals surface area contributed by atoms with Gasteiger partial charge in [0.05, 0.1) is 4.75 Å². The third kappa shape index (κ3) is 3.83. The molecule has 0 fully saturated rings. The van der Waals surface area contributed by atoms with Crippen molar-refractivity contribution in [3.63, 3.8) is 0 Å². The standard InChI is InChI=1S/C10H13BrN2OS/c1-10(2,3)15(14)13-6-8-4-5-12-7-9(8)11/h4-7H,1-3H3/t15-/m1/s1. The zero-order valence-corrected chi connectivity index (χ0v) is 11.3. The van der Waals surface area contributed by atoms with Crippen molar-refractivity contribution in [1.29, 1.82) is 0 Å². The van der Waals surface area contributed by atoms with Crippen molar-refractivity contribution in [3.05, 3.63) is 28.5 Å². The van der Waals surface area contributed by atoms with Crippen molar-refractivity contribution in [2.75, 3.05) is 0 Å². The van der Waals surface area contributed by atoms with Crippen LogP contribution in [0.2, 0.25) is 0 Å². The number of aromatic nitrogens is 1. The van der Waals surface area contributed by atoms with Gasteiger partial charge in [-0.15, -0.1) is 0 Å².